The van der Waals surface area contributed by atoms with Crippen molar-refractivity contribution in [1.82, 2.24) is 10.3 Å². The zero-order valence-electron chi connectivity index (χ0n) is 11.4. The topological polar surface area (TPSA) is 45.2 Å². The highest BCUT2D eigenvalue weighted by Crippen LogP contribution is 2.22. The van der Waals surface area contributed by atoms with Crippen LogP contribution in [0.3, 0.4) is 0 Å². The smallest absolute Gasteiger partial charge is 0.251 e. The Morgan fingerprint density at radius 1 is 1.50 bits per heavy atom. The lowest BCUT2D eigenvalue weighted by molar-refractivity contribution is 0.0940. The minimum atomic E-state index is 0.0136. The number of thiazole rings is 1. The fraction of sp³-hybridized carbons (Fsp3) is 0.333. The molecule has 0 saturated carbocycles. The molecule has 2 aromatic rings. The molecule has 1 aromatic carbocycles. The Labute approximate surface area is 122 Å². The van der Waals surface area contributed by atoms with Gasteiger partial charge in [0.05, 0.1) is 0 Å². The molecule has 5 heteroatoms. The molecule has 0 unspecified atom stereocenters. The van der Waals surface area contributed by atoms with Crippen molar-refractivity contribution in [3.63, 3.8) is 0 Å². The number of rotatable bonds is 3. The van der Waals surface area contributed by atoms with Crippen molar-refractivity contribution in [3.05, 3.63) is 47.0 Å². The van der Waals surface area contributed by atoms with Crippen LogP contribution < -0.4 is 10.2 Å². The zero-order chi connectivity index (χ0) is 13.9. The van der Waals surface area contributed by atoms with Crippen molar-refractivity contribution < 1.29 is 4.79 Å². The fourth-order valence-electron chi connectivity index (χ4n) is 2.48. The summed E-state index contributed by atoms with van der Waals surface area (Å²) >= 11 is 1.64. The number of anilines is 1. The number of aromatic nitrogens is 1. The Kier molecular flexibility index (Phi) is 3.69. The van der Waals surface area contributed by atoms with E-state index < -0.39 is 0 Å². The van der Waals surface area contributed by atoms with Crippen LogP contribution >= 0.6 is 11.3 Å². The molecule has 1 amide bonds. The molecule has 104 valence electrons. The molecule has 1 aliphatic heterocycles. The van der Waals surface area contributed by atoms with Crippen LogP contribution in [0, 0.1) is 6.92 Å². The predicted molar refractivity (Wildman–Crippen MR) is 81.4 cm³/mol. The van der Waals surface area contributed by atoms with Crippen molar-refractivity contribution in [2.45, 2.75) is 19.4 Å². The van der Waals surface area contributed by atoms with E-state index in [0.29, 0.717) is 0 Å². The maximum atomic E-state index is 12.2. The Balaban J connectivity index is 1.61. The van der Waals surface area contributed by atoms with Gasteiger partial charge in [0.15, 0.2) is 5.13 Å². The highest BCUT2D eigenvalue weighted by molar-refractivity contribution is 7.13. The number of nitrogens with zero attached hydrogens (tertiary/aromatic N) is 2. The third-order valence-corrected chi connectivity index (χ3v) is 4.33. The van der Waals surface area contributed by atoms with Crippen LogP contribution in [0.2, 0.25) is 0 Å². The van der Waals surface area contributed by atoms with Gasteiger partial charge in [-0.2, -0.15) is 0 Å². The molecule has 1 fully saturated rings. The summed E-state index contributed by atoms with van der Waals surface area (Å²) in [6.45, 7) is 3.79. The van der Waals surface area contributed by atoms with Crippen LogP contribution in [0.5, 0.6) is 0 Å². The second kappa shape index (κ2) is 5.63. The first kappa shape index (κ1) is 13.1. The van der Waals surface area contributed by atoms with Gasteiger partial charge in [-0.1, -0.05) is 17.7 Å². The molecule has 1 aliphatic rings. The van der Waals surface area contributed by atoms with Crippen LogP contribution in [-0.4, -0.2) is 30.0 Å². The standard InChI is InChI=1S/C15H17N3OS/c1-11-3-2-4-12(9-11)14(19)17-13-5-7-18(10-13)15-16-6-8-20-15/h2-4,6,8-9,13H,5,7,10H2,1H3,(H,17,19)/t13-/m0/s1. The number of carbonyl (C=O) groups is 1. The van der Waals surface area contributed by atoms with E-state index in [2.05, 4.69) is 15.2 Å². The lowest BCUT2D eigenvalue weighted by Gasteiger charge is -2.15. The minimum absolute atomic E-state index is 0.0136. The summed E-state index contributed by atoms with van der Waals surface area (Å²) in [6, 6.07) is 7.89. The van der Waals surface area contributed by atoms with Crippen molar-refractivity contribution in [3.8, 4) is 0 Å². The zero-order valence-corrected chi connectivity index (χ0v) is 12.2. The van der Waals surface area contributed by atoms with E-state index in [1.165, 1.54) is 0 Å². The summed E-state index contributed by atoms with van der Waals surface area (Å²) in [4.78, 5) is 18.7. The molecule has 4 nitrogen and oxygen atoms in total. The molecule has 3 rings (SSSR count). The molecular formula is C15H17N3OS. The van der Waals surface area contributed by atoms with E-state index in [1.54, 1.807) is 11.3 Å². The van der Waals surface area contributed by atoms with Crippen LogP contribution in [-0.2, 0) is 0 Å². The average Bonchev–Trinajstić information content (AvgIpc) is 3.08. The Bertz CT molecular complexity index is 597. The van der Waals surface area contributed by atoms with Gasteiger partial charge in [0.2, 0.25) is 0 Å². The van der Waals surface area contributed by atoms with Crippen LogP contribution in [0.1, 0.15) is 22.3 Å². The second-order valence-corrected chi connectivity index (χ2v) is 5.96. The first-order valence-corrected chi connectivity index (χ1v) is 7.62. The molecule has 0 spiro atoms. The van der Waals surface area contributed by atoms with Crippen LogP contribution in [0.4, 0.5) is 5.13 Å². The Morgan fingerprint density at radius 2 is 2.40 bits per heavy atom. The Hall–Kier alpha value is -1.88. The Morgan fingerprint density at radius 3 is 3.15 bits per heavy atom. The van der Waals surface area contributed by atoms with Crippen LogP contribution in [0.15, 0.2) is 35.8 Å². The summed E-state index contributed by atoms with van der Waals surface area (Å²) in [5.41, 5.74) is 1.84. The lowest BCUT2D eigenvalue weighted by atomic mass is 10.1. The second-order valence-electron chi connectivity index (χ2n) is 5.09. The summed E-state index contributed by atoms with van der Waals surface area (Å²) in [6.07, 6.45) is 2.79. The van der Waals surface area contributed by atoms with Gasteiger partial charge in [-0.05, 0) is 25.5 Å². The van der Waals surface area contributed by atoms with Gasteiger partial charge in [0.1, 0.15) is 0 Å². The number of aryl methyl sites for hydroxylation is 1. The lowest BCUT2D eigenvalue weighted by Crippen LogP contribution is -2.37. The molecule has 1 atom stereocenters. The van der Waals surface area contributed by atoms with Crippen LogP contribution in [0.25, 0.3) is 0 Å². The van der Waals surface area contributed by atoms with Crippen molar-refractivity contribution in [2.24, 2.45) is 0 Å². The first-order valence-electron chi connectivity index (χ1n) is 6.74. The number of benzene rings is 1. The molecule has 1 N–H and O–H groups in total. The van der Waals surface area contributed by atoms with Gasteiger partial charge in [-0.15, -0.1) is 11.3 Å². The summed E-state index contributed by atoms with van der Waals surface area (Å²) in [7, 11) is 0. The maximum Gasteiger partial charge on any atom is 0.251 e. The van der Waals surface area contributed by atoms with Gasteiger partial charge in [-0.3, -0.25) is 4.79 Å². The van der Waals surface area contributed by atoms with Crippen molar-refractivity contribution in [2.75, 3.05) is 18.0 Å². The average molecular weight is 287 g/mol. The summed E-state index contributed by atoms with van der Waals surface area (Å²) in [5, 5.41) is 6.13. The summed E-state index contributed by atoms with van der Waals surface area (Å²) in [5.74, 6) is 0.0136. The van der Waals surface area contributed by atoms with E-state index in [-0.39, 0.29) is 11.9 Å². The molecule has 20 heavy (non-hydrogen) atoms. The van der Waals surface area contributed by atoms with Crippen molar-refractivity contribution in [1.29, 1.82) is 0 Å². The first-order chi connectivity index (χ1) is 9.72. The van der Waals surface area contributed by atoms with Gasteiger partial charge >= 0.3 is 0 Å². The van der Waals surface area contributed by atoms with Gasteiger partial charge in [0.25, 0.3) is 5.91 Å². The molecule has 2 heterocycles. The van der Waals surface area contributed by atoms with E-state index in [0.717, 1.165) is 35.8 Å². The third-order valence-electron chi connectivity index (χ3n) is 3.49. The van der Waals surface area contributed by atoms with Gasteiger partial charge in [0, 0.05) is 36.3 Å². The maximum absolute atomic E-state index is 12.2. The number of hydrogen-bond acceptors (Lipinski definition) is 4. The number of amides is 1. The van der Waals surface area contributed by atoms with E-state index in [9.17, 15) is 4.79 Å². The molecule has 0 aliphatic carbocycles. The monoisotopic (exact) mass is 287 g/mol. The van der Waals surface area contributed by atoms with Gasteiger partial charge in [-0.25, -0.2) is 4.98 Å². The predicted octanol–water partition coefficient (Wildman–Crippen LogP) is 2.46. The van der Waals surface area contributed by atoms with E-state index in [1.807, 2.05) is 42.8 Å². The molecule has 1 aromatic heterocycles. The highest BCUT2D eigenvalue weighted by atomic mass is 32.1. The molecule has 1 saturated heterocycles. The van der Waals surface area contributed by atoms with Crippen molar-refractivity contribution >= 4 is 22.4 Å². The number of nitrogens with one attached hydrogen (secondary N) is 1. The van der Waals surface area contributed by atoms with Gasteiger partial charge < -0.3 is 10.2 Å². The van der Waals surface area contributed by atoms with E-state index >= 15 is 0 Å². The summed E-state index contributed by atoms with van der Waals surface area (Å²) < 4.78 is 0. The molecule has 0 bridgehead atoms. The highest BCUT2D eigenvalue weighted by Gasteiger charge is 2.25. The SMILES string of the molecule is Cc1cccc(C(=O)N[C@H]2CCN(c3nccs3)C2)c1. The fourth-order valence-corrected chi connectivity index (χ4v) is 3.16. The largest absolute Gasteiger partial charge is 0.347 e. The molecule has 0 radical (unpaired) electrons. The molecular weight excluding hydrogens is 270 g/mol. The quantitative estimate of drug-likeness (QED) is 0.943. The third kappa shape index (κ3) is 2.82. The number of hydrogen-bond donors (Lipinski definition) is 1. The minimum Gasteiger partial charge on any atom is -0.347 e. The number of carbonyl (C=O) groups excluding carboxylic acids is 1. The van der Waals surface area contributed by atoms with E-state index in [4.69, 9.17) is 0 Å². The normalized spacial score (nSPS) is 18.2.